The number of hydrogen-bond donors (Lipinski definition) is 2. The Labute approximate surface area is 147 Å². The highest BCUT2D eigenvalue weighted by atomic mass is 16.3. The van der Waals surface area contributed by atoms with Gasteiger partial charge in [0.25, 0.3) is 0 Å². The van der Waals surface area contributed by atoms with Crippen molar-refractivity contribution in [2.75, 3.05) is 6.61 Å². The van der Waals surface area contributed by atoms with Crippen molar-refractivity contribution in [2.45, 2.75) is 77.2 Å². The van der Waals surface area contributed by atoms with Crippen molar-refractivity contribution in [1.29, 1.82) is 0 Å². The summed E-state index contributed by atoms with van der Waals surface area (Å²) in [5.41, 5.74) is 0.0506. The summed E-state index contributed by atoms with van der Waals surface area (Å²) in [4.78, 5) is 0. The third-order valence-corrected chi connectivity index (χ3v) is 9.39. The first-order valence-corrected chi connectivity index (χ1v) is 10.3. The first-order valence-electron chi connectivity index (χ1n) is 10.3. The maximum atomic E-state index is 11.0. The maximum absolute atomic E-state index is 11.0. The summed E-state index contributed by atoms with van der Waals surface area (Å²) in [6, 6.07) is 0. The molecule has 136 valence electrons. The minimum absolute atomic E-state index is 0.0353. The Morgan fingerprint density at radius 2 is 1.83 bits per heavy atom. The van der Waals surface area contributed by atoms with E-state index in [1.807, 2.05) is 0 Å². The SMILES string of the molecule is C=CC1(O)CC2CC[C@@H]3[C@@H](CC[C@]4(C)CCC[C@@H]34)[C@@]2(C)CC1CO. The van der Waals surface area contributed by atoms with Crippen LogP contribution in [0.15, 0.2) is 12.7 Å². The Morgan fingerprint density at radius 3 is 2.54 bits per heavy atom. The quantitative estimate of drug-likeness (QED) is 0.728. The first-order chi connectivity index (χ1) is 11.4. The molecule has 0 spiro atoms. The summed E-state index contributed by atoms with van der Waals surface area (Å²) in [5.74, 6) is 3.18. The lowest BCUT2D eigenvalue weighted by Crippen LogP contribution is -2.58. The highest BCUT2D eigenvalue weighted by Gasteiger charge is 2.60. The van der Waals surface area contributed by atoms with Gasteiger partial charge in [-0.05, 0) is 85.9 Å². The lowest BCUT2D eigenvalue weighted by molar-refractivity contribution is -0.164. The molecule has 4 fully saturated rings. The fourth-order valence-electron chi connectivity index (χ4n) is 7.92. The van der Waals surface area contributed by atoms with Crippen LogP contribution in [-0.4, -0.2) is 22.4 Å². The molecule has 0 radical (unpaired) electrons. The predicted molar refractivity (Wildman–Crippen MR) is 97.4 cm³/mol. The number of rotatable bonds is 2. The highest BCUT2D eigenvalue weighted by molar-refractivity contribution is 5.14. The van der Waals surface area contributed by atoms with E-state index in [1.54, 1.807) is 6.08 Å². The van der Waals surface area contributed by atoms with Gasteiger partial charge in [0, 0.05) is 12.5 Å². The van der Waals surface area contributed by atoms with Crippen LogP contribution < -0.4 is 0 Å². The van der Waals surface area contributed by atoms with Gasteiger partial charge in [0.15, 0.2) is 0 Å². The third kappa shape index (κ3) is 2.21. The number of hydrogen-bond acceptors (Lipinski definition) is 2. The Kier molecular flexibility index (Phi) is 3.97. The second-order valence-corrected chi connectivity index (χ2v) is 10.2. The molecule has 0 saturated heterocycles. The zero-order valence-electron chi connectivity index (χ0n) is 15.6. The Balaban J connectivity index is 1.64. The standard InChI is InChI=1S/C22H36O2/c1-4-22(24)13-15-7-8-17-18-6-5-10-20(18,2)11-9-19(17)21(15,3)12-16(22)14-23/h4,15-19,23-24H,1,5-14H2,2-3H3/t15?,16?,17-,18-,19+,20-,21-,22?/m0/s1. The molecule has 24 heavy (non-hydrogen) atoms. The van der Waals surface area contributed by atoms with Gasteiger partial charge in [-0.1, -0.05) is 26.3 Å². The van der Waals surface area contributed by atoms with Crippen molar-refractivity contribution < 1.29 is 10.2 Å². The topological polar surface area (TPSA) is 40.5 Å². The fourth-order valence-corrected chi connectivity index (χ4v) is 7.92. The van der Waals surface area contributed by atoms with Crippen LogP contribution >= 0.6 is 0 Å². The van der Waals surface area contributed by atoms with Crippen LogP contribution in [-0.2, 0) is 0 Å². The van der Waals surface area contributed by atoms with E-state index in [4.69, 9.17) is 0 Å². The van der Waals surface area contributed by atoms with E-state index in [0.717, 1.165) is 30.6 Å². The van der Waals surface area contributed by atoms with E-state index in [2.05, 4.69) is 20.4 Å². The monoisotopic (exact) mass is 332 g/mol. The van der Waals surface area contributed by atoms with E-state index in [-0.39, 0.29) is 12.5 Å². The molecule has 3 unspecified atom stereocenters. The number of fused-ring (bicyclic) bond motifs is 5. The van der Waals surface area contributed by atoms with E-state index >= 15 is 0 Å². The van der Waals surface area contributed by atoms with Crippen molar-refractivity contribution in [1.82, 2.24) is 0 Å². The molecular weight excluding hydrogens is 296 g/mol. The van der Waals surface area contributed by atoms with Crippen LogP contribution in [0.3, 0.4) is 0 Å². The predicted octanol–water partition coefficient (Wildman–Crippen LogP) is 4.55. The minimum Gasteiger partial charge on any atom is -0.396 e. The normalized spacial score (nSPS) is 56.9. The average Bonchev–Trinajstić information content (AvgIpc) is 2.96. The van der Waals surface area contributed by atoms with Crippen LogP contribution in [0.5, 0.6) is 0 Å². The second-order valence-electron chi connectivity index (χ2n) is 10.2. The molecule has 4 aliphatic rings. The number of aliphatic hydroxyl groups is 2. The van der Waals surface area contributed by atoms with Gasteiger partial charge in [-0.3, -0.25) is 0 Å². The zero-order valence-corrected chi connectivity index (χ0v) is 15.6. The first kappa shape index (κ1) is 17.1. The van der Waals surface area contributed by atoms with Gasteiger partial charge in [-0.2, -0.15) is 0 Å². The van der Waals surface area contributed by atoms with E-state index in [1.165, 1.54) is 44.9 Å². The second kappa shape index (κ2) is 5.58. The molecule has 4 rings (SSSR count). The van der Waals surface area contributed by atoms with Gasteiger partial charge in [-0.25, -0.2) is 0 Å². The van der Waals surface area contributed by atoms with Crippen molar-refractivity contribution in [3.63, 3.8) is 0 Å². The summed E-state index contributed by atoms with van der Waals surface area (Å²) < 4.78 is 0. The summed E-state index contributed by atoms with van der Waals surface area (Å²) in [6.45, 7) is 9.03. The minimum atomic E-state index is -0.859. The molecule has 8 atom stereocenters. The Morgan fingerprint density at radius 1 is 1.04 bits per heavy atom. The molecule has 0 bridgehead atoms. The van der Waals surface area contributed by atoms with Crippen molar-refractivity contribution >= 4 is 0 Å². The Hall–Kier alpha value is -0.340. The van der Waals surface area contributed by atoms with Crippen molar-refractivity contribution in [3.05, 3.63) is 12.7 Å². The average molecular weight is 333 g/mol. The molecule has 2 N–H and O–H groups in total. The lowest BCUT2D eigenvalue weighted by Gasteiger charge is -2.62. The molecule has 2 heteroatoms. The lowest BCUT2D eigenvalue weighted by atomic mass is 9.43. The number of aliphatic hydroxyl groups excluding tert-OH is 1. The fraction of sp³-hybridized carbons (Fsp3) is 0.909. The maximum Gasteiger partial charge on any atom is 0.0878 e. The van der Waals surface area contributed by atoms with Crippen molar-refractivity contribution in [2.24, 2.45) is 40.4 Å². The van der Waals surface area contributed by atoms with Gasteiger partial charge in [0.2, 0.25) is 0 Å². The molecule has 0 heterocycles. The van der Waals surface area contributed by atoms with Gasteiger partial charge in [0.05, 0.1) is 5.60 Å². The van der Waals surface area contributed by atoms with E-state index in [9.17, 15) is 10.2 Å². The largest absolute Gasteiger partial charge is 0.396 e. The zero-order chi connectivity index (χ0) is 17.2. The van der Waals surface area contributed by atoms with Crippen LogP contribution in [0, 0.1) is 40.4 Å². The van der Waals surface area contributed by atoms with Gasteiger partial charge >= 0.3 is 0 Å². The molecule has 2 nitrogen and oxygen atoms in total. The van der Waals surface area contributed by atoms with E-state index in [0.29, 0.717) is 16.7 Å². The molecule has 4 saturated carbocycles. The summed E-state index contributed by atoms with van der Waals surface area (Å²) in [7, 11) is 0. The highest BCUT2D eigenvalue weighted by Crippen LogP contribution is 2.67. The van der Waals surface area contributed by atoms with Gasteiger partial charge in [-0.15, -0.1) is 6.58 Å². The smallest absolute Gasteiger partial charge is 0.0878 e. The molecule has 0 aromatic carbocycles. The summed E-state index contributed by atoms with van der Waals surface area (Å²) in [5, 5.41) is 20.9. The molecular formula is C22H36O2. The van der Waals surface area contributed by atoms with Crippen LogP contribution in [0.4, 0.5) is 0 Å². The van der Waals surface area contributed by atoms with Crippen LogP contribution in [0.1, 0.15) is 71.6 Å². The summed E-state index contributed by atoms with van der Waals surface area (Å²) in [6.07, 6.45) is 13.2. The van der Waals surface area contributed by atoms with Gasteiger partial charge < -0.3 is 10.2 Å². The molecule has 0 aromatic heterocycles. The Bertz CT molecular complexity index is 516. The van der Waals surface area contributed by atoms with Crippen molar-refractivity contribution in [3.8, 4) is 0 Å². The van der Waals surface area contributed by atoms with Crippen LogP contribution in [0.25, 0.3) is 0 Å². The summed E-state index contributed by atoms with van der Waals surface area (Å²) >= 11 is 0. The molecule has 0 aliphatic heterocycles. The third-order valence-electron chi connectivity index (χ3n) is 9.39. The van der Waals surface area contributed by atoms with Crippen LogP contribution in [0.2, 0.25) is 0 Å². The van der Waals surface area contributed by atoms with Gasteiger partial charge in [0.1, 0.15) is 0 Å². The van der Waals surface area contributed by atoms with E-state index < -0.39 is 5.60 Å². The molecule has 0 aromatic rings. The molecule has 0 amide bonds. The molecule has 4 aliphatic carbocycles.